The molecule has 1 unspecified atom stereocenters. The molecule has 1 amide bonds. The Morgan fingerprint density at radius 1 is 1.44 bits per heavy atom. The molecule has 0 fully saturated rings. The predicted molar refractivity (Wildman–Crippen MR) is 72.6 cm³/mol. The minimum atomic E-state index is -0.0726. The molecule has 2 N–H and O–H groups in total. The smallest absolute Gasteiger partial charge is 0.289 e. The van der Waals surface area contributed by atoms with Crippen LogP contribution < -0.4 is 5.73 Å². The van der Waals surface area contributed by atoms with E-state index in [1.165, 1.54) is 0 Å². The minimum Gasteiger partial charge on any atom is -0.456 e. The standard InChI is InChI=1S/C14H24N2O2/c1-9(2)12(15)6-7-16(5)14(17)13-10(3)8-11(4)18-13/h8-9,12H,6-7,15H2,1-5H3. The molecule has 1 aromatic rings. The van der Waals surface area contributed by atoms with Gasteiger partial charge in [-0.2, -0.15) is 0 Å². The highest BCUT2D eigenvalue weighted by atomic mass is 16.4. The molecule has 1 rings (SSSR count). The van der Waals surface area contributed by atoms with Crippen LogP contribution in [0.3, 0.4) is 0 Å². The summed E-state index contributed by atoms with van der Waals surface area (Å²) in [5.41, 5.74) is 6.86. The lowest BCUT2D eigenvalue weighted by atomic mass is 10.0. The van der Waals surface area contributed by atoms with E-state index in [2.05, 4.69) is 13.8 Å². The second-order valence-electron chi connectivity index (χ2n) is 5.29. The third-order valence-electron chi connectivity index (χ3n) is 3.24. The molecule has 0 aliphatic rings. The van der Waals surface area contributed by atoms with Crippen LogP contribution in [0.5, 0.6) is 0 Å². The molecule has 4 heteroatoms. The van der Waals surface area contributed by atoms with Crippen molar-refractivity contribution in [1.82, 2.24) is 4.90 Å². The topological polar surface area (TPSA) is 59.5 Å². The summed E-state index contributed by atoms with van der Waals surface area (Å²) < 4.78 is 5.43. The molecule has 0 aromatic carbocycles. The second-order valence-corrected chi connectivity index (χ2v) is 5.29. The quantitative estimate of drug-likeness (QED) is 0.875. The van der Waals surface area contributed by atoms with Gasteiger partial charge >= 0.3 is 0 Å². The lowest BCUT2D eigenvalue weighted by molar-refractivity contribution is 0.0755. The molecule has 1 atom stereocenters. The van der Waals surface area contributed by atoms with Gasteiger partial charge in [0.25, 0.3) is 5.91 Å². The monoisotopic (exact) mass is 252 g/mol. The molecule has 18 heavy (non-hydrogen) atoms. The zero-order valence-corrected chi connectivity index (χ0v) is 12.0. The normalized spacial score (nSPS) is 12.8. The molecule has 102 valence electrons. The average Bonchev–Trinajstić information content (AvgIpc) is 2.63. The molecular weight excluding hydrogens is 228 g/mol. The van der Waals surface area contributed by atoms with E-state index in [9.17, 15) is 4.79 Å². The van der Waals surface area contributed by atoms with E-state index in [1.54, 1.807) is 11.9 Å². The van der Waals surface area contributed by atoms with Crippen LogP contribution in [0.4, 0.5) is 0 Å². The number of amides is 1. The number of nitrogens with zero attached hydrogens (tertiary/aromatic N) is 1. The number of rotatable bonds is 5. The Hall–Kier alpha value is -1.29. The van der Waals surface area contributed by atoms with Gasteiger partial charge in [0.05, 0.1) is 0 Å². The lowest BCUT2D eigenvalue weighted by Gasteiger charge is -2.21. The largest absolute Gasteiger partial charge is 0.456 e. The predicted octanol–water partition coefficient (Wildman–Crippen LogP) is 2.34. The molecule has 4 nitrogen and oxygen atoms in total. The van der Waals surface area contributed by atoms with Crippen LogP contribution in [-0.2, 0) is 0 Å². The van der Waals surface area contributed by atoms with Crippen molar-refractivity contribution < 1.29 is 9.21 Å². The summed E-state index contributed by atoms with van der Waals surface area (Å²) >= 11 is 0. The van der Waals surface area contributed by atoms with Gasteiger partial charge in [0.2, 0.25) is 0 Å². The zero-order valence-electron chi connectivity index (χ0n) is 12.0. The number of furan rings is 1. The first kappa shape index (κ1) is 14.8. The van der Waals surface area contributed by atoms with E-state index in [0.717, 1.165) is 17.7 Å². The summed E-state index contributed by atoms with van der Waals surface area (Å²) in [5, 5.41) is 0. The van der Waals surface area contributed by atoms with E-state index in [0.29, 0.717) is 18.2 Å². The molecule has 1 heterocycles. The van der Waals surface area contributed by atoms with Gasteiger partial charge in [-0.25, -0.2) is 0 Å². The number of nitrogens with two attached hydrogens (primary N) is 1. The third-order valence-corrected chi connectivity index (χ3v) is 3.24. The Morgan fingerprint density at radius 3 is 2.50 bits per heavy atom. The number of hydrogen-bond acceptors (Lipinski definition) is 3. The lowest BCUT2D eigenvalue weighted by Crippen LogP contribution is -2.34. The van der Waals surface area contributed by atoms with Crippen LogP contribution in [0.25, 0.3) is 0 Å². The molecule has 0 radical (unpaired) electrons. The van der Waals surface area contributed by atoms with E-state index < -0.39 is 0 Å². The SMILES string of the molecule is Cc1cc(C)c(C(=O)N(C)CCC(N)C(C)C)o1. The van der Waals surface area contributed by atoms with Crippen molar-refractivity contribution in [2.75, 3.05) is 13.6 Å². The maximum absolute atomic E-state index is 12.2. The van der Waals surface area contributed by atoms with E-state index in [-0.39, 0.29) is 11.9 Å². The molecule has 0 saturated carbocycles. The van der Waals surface area contributed by atoms with Gasteiger partial charge in [0, 0.05) is 25.2 Å². The Morgan fingerprint density at radius 2 is 2.06 bits per heavy atom. The van der Waals surface area contributed by atoms with Gasteiger partial charge in [-0.1, -0.05) is 13.8 Å². The first-order valence-electron chi connectivity index (χ1n) is 6.41. The van der Waals surface area contributed by atoms with Gasteiger partial charge < -0.3 is 15.1 Å². The van der Waals surface area contributed by atoms with Gasteiger partial charge in [0.15, 0.2) is 5.76 Å². The van der Waals surface area contributed by atoms with Gasteiger partial charge in [0.1, 0.15) is 5.76 Å². The number of carbonyl (C=O) groups is 1. The van der Waals surface area contributed by atoms with E-state index >= 15 is 0 Å². The minimum absolute atomic E-state index is 0.0726. The van der Waals surface area contributed by atoms with Gasteiger partial charge in [-0.05, 0) is 32.3 Å². The van der Waals surface area contributed by atoms with Gasteiger partial charge in [-0.3, -0.25) is 4.79 Å². The van der Waals surface area contributed by atoms with Crippen LogP contribution >= 0.6 is 0 Å². The van der Waals surface area contributed by atoms with Crippen molar-refractivity contribution in [3.63, 3.8) is 0 Å². The third kappa shape index (κ3) is 3.60. The molecule has 0 aliphatic carbocycles. The van der Waals surface area contributed by atoms with E-state index in [1.807, 2.05) is 19.9 Å². The fourth-order valence-corrected chi connectivity index (χ4v) is 1.80. The van der Waals surface area contributed by atoms with Crippen LogP contribution in [-0.4, -0.2) is 30.4 Å². The second kappa shape index (κ2) is 6.05. The van der Waals surface area contributed by atoms with Crippen LogP contribution in [0.15, 0.2) is 10.5 Å². The highest BCUT2D eigenvalue weighted by Crippen LogP contribution is 2.16. The molecule has 0 saturated heterocycles. The van der Waals surface area contributed by atoms with Crippen LogP contribution in [0.1, 0.15) is 42.1 Å². The fourth-order valence-electron chi connectivity index (χ4n) is 1.80. The van der Waals surface area contributed by atoms with Crippen molar-refractivity contribution >= 4 is 5.91 Å². The molecule has 0 bridgehead atoms. The van der Waals surface area contributed by atoms with Crippen LogP contribution in [0.2, 0.25) is 0 Å². The van der Waals surface area contributed by atoms with E-state index in [4.69, 9.17) is 10.2 Å². The summed E-state index contributed by atoms with van der Waals surface area (Å²) in [6.45, 7) is 8.56. The highest BCUT2D eigenvalue weighted by molar-refractivity contribution is 5.92. The summed E-state index contributed by atoms with van der Waals surface area (Å²) in [7, 11) is 1.78. The Labute approximate surface area is 109 Å². The summed E-state index contributed by atoms with van der Waals surface area (Å²) in [4.78, 5) is 13.8. The number of hydrogen-bond donors (Lipinski definition) is 1. The van der Waals surface area contributed by atoms with Crippen molar-refractivity contribution in [3.8, 4) is 0 Å². The number of carbonyl (C=O) groups excluding carboxylic acids is 1. The van der Waals surface area contributed by atoms with Crippen molar-refractivity contribution in [2.45, 2.75) is 40.2 Å². The van der Waals surface area contributed by atoms with Crippen molar-refractivity contribution in [2.24, 2.45) is 11.7 Å². The molecular formula is C14H24N2O2. The fraction of sp³-hybridized carbons (Fsp3) is 0.643. The summed E-state index contributed by atoms with van der Waals surface area (Å²) in [5.74, 6) is 1.56. The molecule has 1 aromatic heterocycles. The Bertz CT molecular complexity index is 410. The highest BCUT2D eigenvalue weighted by Gasteiger charge is 2.19. The Kier molecular flexibility index (Phi) is 4.96. The first-order chi connectivity index (χ1) is 8.32. The maximum atomic E-state index is 12.2. The number of aryl methyl sites for hydroxylation is 2. The Balaban J connectivity index is 2.59. The van der Waals surface area contributed by atoms with Crippen molar-refractivity contribution in [1.29, 1.82) is 0 Å². The molecule has 0 aliphatic heterocycles. The van der Waals surface area contributed by atoms with Crippen LogP contribution in [0, 0.1) is 19.8 Å². The molecule has 0 spiro atoms. The zero-order chi connectivity index (χ0) is 13.9. The average molecular weight is 252 g/mol. The summed E-state index contributed by atoms with van der Waals surface area (Å²) in [6, 6.07) is 2.00. The van der Waals surface area contributed by atoms with Crippen molar-refractivity contribution in [3.05, 3.63) is 23.2 Å². The van der Waals surface area contributed by atoms with Gasteiger partial charge in [-0.15, -0.1) is 0 Å². The first-order valence-corrected chi connectivity index (χ1v) is 6.41. The maximum Gasteiger partial charge on any atom is 0.289 e. The summed E-state index contributed by atoms with van der Waals surface area (Å²) in [6.07, 6.45) is 0.804.